The highest BCUT2D eigenvalue weighted by Gasteiger charge is 2.72. The Morgan fingerprint density at radius 1 is 1.06 bits per heavy atom. The molecule has 0 aromatic carbocycles. The molecule has 3 saturated carbocycles. The number of nitrogens with two attached hydrogens (primary N) is 1. The van der Waals surface area contributed by atoms with Gasteiger partial charge >= 0.3 is 6.16 Å². The lowest BCUT2D eigenvalue weighted by atomic mass is 9.35. The van der Waals surface area contributed by atoms with Gasteiger partial charge in [-0.05, 0) is 80.5 Å². The maximum atomic E-state index is 12.5. The van der Waals surface area contributed by atoms with Crippen molar-refractivity contribution in [3.63, 3.8) is 0 Å². The predicted octanol–water partition coefficient (Wildman–Crippen LogP) is 7.99. The fourth-order valence-electron chi connectivity index (χ4n) is 12.4. The summed E-state index contributed by atoms with van der Waals surface area (Å²) in [6.07, 6.45) is 13.1. The lowest BCUT2D eigenvalue weighted by Crippen LogP contribution is -2.70. The standard InChI is InChI=1S/C42H64N6O5/c1-25(2)27(5)37(6)15-16-39(8)29-11-12-32-38(7)20-51-22-42(32,30(29)13-14-40(39,9)35(37)53-36(49)50)17-31(33(38)52-21-41(10,43)26(3)4)48-34(46-24-47-48)28-18-44-23-45-19-28/h13,18-19,23-27,29,31-33,35H,11-12,14-17,20-22,43H2,1-10H3,(H,49,50)/t27-,29+,31-,32+,33+,35-,37-,38-,39-,40-,41+,42+/m1/s1. The van der Waals surface area contributed by atoms with Gasteiger partial charge in [0.25, 0.3) is 0 Å². The second-order valence-electron chi connectivity index (χ2n) is 19.7. The van der Waals surface area contributed by atoms with Crippen molar-refractivity contribution >= 4 is 6.16 Å². The van der Waals surface area contributed by atoms with Gasteiger partial charge < -0.3 is 25.1 Å². The molecule has 292 valence electrons. The fourth-order valence-corrected chi connectivity index (χ4v) is 12.4. The summed E-state index contributed by atoms with van der Waals surface area (Å²) in [6.45, 7) is 24.3. The van der Waals surface area contributed by atoms with Crippen LogP contribution in [0, 0.1) is 56.7 Å². The van der Waals surface area contributed by atoms with Crippen LogP contribution in [0.2, 0.25) is 0 Å². The van der Waals surface area contributed by atoms with E-state index in [1.165, 1.54) is 11.9 Å². The molecule has 11 heteroatoms. The van der Waals surface area contributed by atoms with Crippen LogP contribution in [0.15, 0.2) is 36.7 Å². The van der Waals surface area contributed by atoms with Gasteiger partial charge in [-0.3, -0.25) is 0 Å². The van der Waals surface area contributed by atoms with E-state index in [-0.39, 0.29) is 51.1 Å². The van der Waals surface area contributed by atoms with Crippen molar-refractivity contribution in [1.82, 2.24) is 24.7 Å². The van der Waals surface area contributed by atoms with Gasteiger partial charge in [0.1, 0.15) is 18.8 Å². The Morgan fingerprint density at radius 3 is 2.43 bits per heavy atom. The summed E-state index contributed by atoms with van der Waals surface area (Å²) >= 11 is 0. The maximum Gasteiger partial charge on any atom is 0.506 e. The summed E-state index contributed by atoms with van der Waals surface area (Å²) in [5.74, 6) is 2.27. The van der Waals surface area contributed by atoms with Crippen molar-refractivity contribution in [2.75, 3.05) is 19.8 Å². The van der Waals surface area contributed by atoms with E-state index in [4.69, 9.17) is 30.0 Å². The van der Waals surface area contributed by atoms with E-state index in [0.29, 0.717) is 37.6 Å². The molecule has 11 nitrogen and oxygen atoms in total. The van der Waals surface area contributed by atoms with Gasteiger partial charge in [0.05, 0.1) is 37.5 Å². The van der Waals surface area contributed by atoms with Crippen molar-refractivity contribution in [3.05, 3.63) is 36.7 Å². The largest absolute Gasteiger partial charge is 0.506 e. The van der Waals surface area contributed by atoms with Gasteiger partial charge in [-0.1, -0.05) is 74.0 Å². The zero-order valence-electron chi connectivity index (χ0n) is 33.8. The minimum Gasteiger partial charge on any atom is -0.450 e. The molecule has 0 spiro atoms. The summed E-state index contributed by atoms with van der Waals surface area (Å²) in [5.41, 5.74) is 7.29. The number of ether oxygens (including phenoxy) is 3. The molecule has 0 amide bonds. The first-order valence-electron chi connectivity index (χ1n) is 20.1. The van der Waals surface area contributed by atoms with Crippen LogP contribution in [0.5, 0.6) is 0 Å². The Labute approximate surface area is 316 Å². The van der Waals surface area contributed by atoms with Crippen LogP contribution in [0.25, 0.3) is 11.4 Å². The first-order chi connectivity index (χ1) is 24.9. The van der Waals surface area contributed by atoms with Crippen molar-refractivity contribution in [2.24, 2.45) is 62.4 Å². The number of hydrogen-bond acceptors (Lipinski definition) is 9. The topological polar surface area (TPSA) is 148 Å². The minimum absolute atomic E-state index is 0.147. The van der Waals surface area contributed by atoms with Crippen molar-refractivity contribution in [3.8, 4) is 11.4 Å². The van der Waals surface area contributed by atoms with Gasteiger partial charge in [-0.25, -0.2) is 24.4 Å². The SMILES string of the molecule is CC(C)[C@@H](C)[C@@]1(C)CC[C@]2(C)[C@H]3CC[C@@H]4[C@@]5(COC[C@@]4(C)[C@@H](OC[C@](C)(N)C(C)C)[C@H](n4ncnc4-c4cncnc4)C5)C3=CC[C@]2(C)[C@@H]1OC(=O)O. The number of nitrogens with zero attached hydrogens (tertiary/aromatic N) is 5. The molecule has 5 aliphatic rings. The highest BCUT2D eigenvalue weighted by atomic mass is 16.7. The van der Waals surface area contributed by atoms with Crippen LogP contribution in [0.4, 0.5) is 4.79 Å². The van der Waals surface area contributed by atoms with E-state index in [1.807, 2.05) is 0 Å². The van der Waals surface area contributed by atoms with Crippen LogP contribution < -0.4 is 5.73 Å². The first-order valence-corrected chi connectivity index (χ1v) is 20.1. The molecule has 3 N–H and O–H groups in total. The Kier molecular flexibility index (Phi) is 9.50. The summed E-state index contributed by atoms with van der Waals surface area (Å²) in [6, 6.07) is -0.147. The Bertz CT molecular complexity index is 1710. The van der Waals surface area contributed by atoms with Crippen LogP contribution in [-0.4, -0.2) is 73.6 Å². The minimum atomic E-state index is -1.17. The average molecular weight is 733 g/mol. The van der Waals surface area contributed by atoms with E-state index in [0.717, 1.165) is 49.9 Å². The number of allylic oxidation sites excluding steroid dienone is 1. The normalized spacial score (nSPS) is 41.1. The fraction of sp³-hybridized carbons (Fsp3) is 0.786. The number of aromatic nitrogens is 5. The van der Waals surface area contributed by atoms with Crippen LogP contribution in [0.3, 0.4) is 0 Å². The molecule has 7 rings (SSSR count). The smallest absolute Gasteiger partial charge is 0.450 e. The molecule has 2 bridgehead atoms. The van der Waals surface area contributed by atoms with Gasteiger partial charge in [-0.15, -0.1) is 0 Å². The summed E-state index contributed by atoms with van der Waals surface area (Å²) in [7, 11) is 0. The van der Waals surface area contributed by atoms with Crippen LogP contribution in [0.1, 0.15) is 114 Å². The second kappa shape index (κ2) is 13.1. The van der Waals surface area contributed by atoms with Crippen molar-refractivity contribution in [1.29, 1.82) is 0 Å². The molecule has 4 aliphatic carbocycles. The van der Waals surface area contributed by atoms with Gasteiger partial charge in [-0.2, -0.15) is 5.10 Å². The summed E-state index contributed by atoms with van der Waals surface area (Å²) < 4.78 is 22.1. The third-order valence-corrected chi connectivity index (χ3v) is 16.5. The summed E-state index contributed by atoms with van der Waals surface area (Å²) in [4.78, 5) is 25.9. The Morgan fingerprint density at radius 2 is 1.77 bits per heavy atom. The molecule has 3 heterocycles. The maximum absolute atomic E-state index is 12.5. The van der Waals surface area contributed by atoms with Crippen molar-refractivity contribution in [2.45, 2.75) is 132 Å². The van der Waals surface area contributed by atoms with E-state index in [9.17, 15) is 9.90 Å². The number of hydrogen-bond donors (Lipinski definition) is 2. The Hall–Kier alpha value is -2.89. The lowest BCUT2D eigenvalue weighted by molar-refractivity contribution is -0.256. The number of carbonyl (C=O) groups is 1. The molecule has 0 radical (unpaired) electrons. The molecule has 12 atom stereocenters. The highest BCUT2D eigenvalue weighted by Crippen LogP contribution is 2.74. The van der Waals surface area contributed by atoms with Gasteiger partial charge in [0.2, 0.25) is 0 Å². The molecule has 53 heavy (non-hydrogen) atoms. The first kappa shape index (κ1) is 38.4. The number of fused-ring (bicyclic) bond motifs is 3. The Balaban J connectivity index is 1.35. The van der Waals surface area contributed by atoms with E-state index in [2.05, 4.69) is 90.0 Å². The third kappa shape index (κ3) is 5.63. The highest BCUT2D eigenvalue weighted by molar-refractivity contribution is 5.57. The monoisotopic (exact) mass is 732 g/mol. The average Bonchev–Trinajstić information content (AvgIpc) is 3.60. The van der Waals surface area contributed by atoms with Crippen molar-refractivity contribution < 1.29 is 24.1 Å². The third-order valence-electron chi connectivity index (χ3n) is 16.5. The quantitative estimate of drug-likeness (QED) is 0.192. The number of carboxylic acid groups (broad SMARTS) is 1. The molecule has 4 fully saturated rings. The van der Waals surface area contributed by atoms with Gasteiger partial charge in [0.15, 0.2) is 5.82 Å². The molecule has 2 aromatic rings. The van der Waals surface area contributed by atoms with Crippen LogP contribution >= 0.6 is 0 Å². The summed E-state index contributed by atoms with van der Waals surface area (Å²) in [5, 5.41) is 15.1. The predicted molar refractivity (Wildman–Crippen MR) is 203 cm³/mol. The zero-order chi connectivity index (χ0) is 38.4. The lowest BCUT2D eigenvalue weighted by Gasteiger charge is -2.71. The van der Waals surface area contributed by atoms with E-state index in [1.54, 1.807) is 18.7 Å². The van der Waals surface area contributed by atoms with Crippen LogP contribution in [-0.2, 0) is 14.2 Å². The molecule has 1 aliphatic heterocycles. The van der Waals surface area contributed by atoms with E-state index < -0.39 is 17.8 Å². The molecule has 1 saturated heterocycles. The molecular formula is C42H64N6O5. The molecule has 0 unspecified atom stereocenters. The molecular weight excluding hydrogens is 668 g/mol. The number of rotatable bonds is 9. The zero-order valence-corrected chi connectivity index (χ0v) is 33.8. The second-order valence-corrected chi connectivity index (χ2v) is 19.7. The molecule has 2 aromatic heterocycles. The van der Waals surface area contributed by atoms with Gasteiger partial charge in [0, 0.05) is 39.6 Å². The van der Waals surface area contributed by atoms with E-state index >= 15 is 0 Å².